The van der Waals surface area contributed by atoms with Crippen molar-refractivity contribution in [2.24, 2.45) is 24.6 Å². The topological polar surface area (TPSA) is 98.5 Å². The molecular weight excluding hydrogens is 510 g/mol. The molecule has 3 N–H and O–H groups in total. The first-order valence-electron chi connectivity index (χ1n) is 14.3. The molecule has 1 aromatic carbocycles. The zero-order valence-electron chi connectivity index (χ0n) is 22.5. The van der Waals surface area contributed by atoms with E-state index in [1.54, 1.807) is 18.4 Å². The van der Waals surface area contributed by atoms with Gasteiger partial charge in [0.05, 0.1) is 34.6 Å². The number of fused-ring (bicyclic) bond motifs is 4. The Balaban J connectivity index is 1.23. The van der Waals surface area contributed by atoms with E-state index in [9.17, 15) is 9.90 Å². The van der Waals surface area contributed by atoms with Crippen LogP contribution in [0.4, 0.5) is 0 Å². The van der Waals surface area contributed by atoms with Crippen molar-refractivity contribution in [1.82, 2.24) is 19.0 Å². The van der Waals surface area contributed by atoms with E-state index in [-0.39, 0.29) is 24.1 Å². The van der Waals surface area contributed by atoms with Crippen LogP contribution in [0.2, 0.25) is 0 Å². The fraction of sp³-hybridized carbons (Fsp3) is 0.533. The molecule has 3 saturated carbocycles. The fourth-order valence-electron chi connectivity index (χ4n) is 7.43. The van der Waals surface area contributed by atoms with Crippen LogP contribution in [0.3, 0.4) is 0 Å². The first kappa shape index (κ1) is 24.0. The predicted octanol–water partition coefficient (Wildman–Crippen LogP) is 4.48. The lowest BCUT2D eigenvalue weighted by Crippen LogP contribution is -2.41. The van der Waals surface area contributed by atoms with Crippen molar-refractivity contribution in [2.45, 2.75) is 69.2 Å². The van der Waals surface area contributed by atoms with Gasteiger partial charge in [-0.3, -0.25) is 4.79 Å². The molecule has 9 heteroatoms. The molecule has 2 bridgehead atoms. The molecule has 3 aliphatic carbocycles. The molecule has 204 valence electrons. The first-order chi connectivity index (χ1) is 18.9. The van der Waals surface area contributed by atoms with Crippen LogP contribution in [0.1, 0.15) is 60.4 Å². The van der Waals surface area contributed by atoms with Crippen molar-refractivity contribution in [3.8, 4) is 17.3 Å². The highest BCUT2D eigenvalue weighted by Gasteiger charge is 2.47. The third-order valence-corrected chi connectivity index (χ3v) is 10.8. The summed E-state index contributed by atoms with van der Waals surface area (Å²) in [4.78, 5) is 20.7. The van der Waals surface area contributed by atoms with Gasteiger partial charge in [-0.2, -0.15) is 0 Å². The largest absolute Gasteiger partial charge is 0.494 e. The number of rotatable bonds is 6. The zero-order chi connectivity index (χ0) is 26.6. The highest BCUT2D eigenvalue weighted by Crippen LogP contribution is 2.46. The smallest absolute Gasteiger partial charge is 0.254 e. The van der Waals surface area contributed by atoms with Crippen molar-refractivity contribution in [3.05, 3.63) is 34.7 Å². The van der Waals surface area contributed by atoms with E-state index in [4.69, 9.17) is 15.5 Å². The van der Waals surface area contributed by atoms with Crippen molar-refractivity contribution < 1.29 is 14.6 Å². The lowest BCUT2D eigenvalue weighted by molar-refractivity contribution is 0.0700. The van der Waals surface area contributed by atoms with Crippen molar-refractivity contribution in [2.75, 3.05) is 13.7 Å². The van der Waals surface area contributed by atoms with Crippen molar-refractivity contribution in [1.29, 1.82) is 0 Å². The van der Waals surface area contributed by atoms with E-state index in [2.05, 4.69) is 20.6 Å². The minimum absolute atomic E-state index is 0.0232. The van der Waals surface area contributed by atoms with E-state index < -0.39 is 0 Å². The Labute approximate surface area is 231 Å². The summed E-state index contributed by atoms with van der Waals surface area (Å²) in [5, 5.41) is 12.3. The SMILES string of the molecule is COc1cc(C(=O)N2C[C@H]3CC[C@@H]2[C@@H]3N)cc2nc(-c3cc4scc(C5CC(O)C5)c4n3CC3CC3)n(C)c12. The number of hydrogen-bond acceptors (Lipinski definition) is 6. The number of carbonyl (C=O) groups is 1. The number of methoxy groups -OCH3 is 1. The van der Waals surface area contributed by atoms with E-state index in [1.807, 2.05) is 24.1 Å². The van der Waals surface area contributed by atoms with E-state index in [0.717, 1.165) is 61.3 Å². The number of benzene rings is 1. The Morgan fingerprint density at radius 3 is 2.67 bits per heavy atom. The molecular formula is C30H35N5O3S. The molecule has 1 saturated heterocycles. The van der Waals surface area contributed by atoms with Crippen LogP contribution in [0.25, 0.3) is 32.8 Å². The fourth-order valence-corrected chi connectivity index (χ4v) is 8.50. The third-order valence-electron chi connectivity index (χ3n) is 9.88. The lowest BCUT2D eigenvalue weighted by atomic mass is 9.78. The van der Waals surface area contributed by atoms with Gasteiger partial charge in [0.15, 0.2) is 5.82 Å². The van der Waals surface area contributed by atoms with Crippen molar-refractivity contribution in [3.63, 3.8) is 0 Å². The number of piperidine rings is 1. The highest BCUT2D eigenvalue weighted by atomic mass is 32.1. The van der Waals surface area contributed by atoms with Crippen LogP contribution >= 0.6 is 11.3 Å². The maximum Gasteiger partial charge on any atom is 0.254 e. The quantitative estimate of drug-likeness (QED) is 0.372. The summed E-state index contributed by atoms with van der Waals surface area (Å²) in [6.07, 6.45) is 6.16. The van der Waals surface area contributed by atoms with Crippen molar-refractivity contribution >= 4 is 38.5 Å². The molecule has 0 spiro atoms. The molecule has 0 radical (unpaired) electrons. The molecule has 4 aliphatic rings. The van der Waals surface area contributed by atoms with Gasteiger partial charge in [-0.15, -0.1) is 11.3 Å². The van der Waals surface area contributed by atoms with Gasteiger partial charge in [-0.05, 0) is 85.4 Å². The van der Waals surface area contributed by atoms with Crippen LogP contribution in [-0.4, -0.2) is 61.9 Å². The Morgan fingerprint density at radius 2 is 2.00 bits per heavy atom. The summed E-state index contributed by atoms with van der Waals surface area (Å²) in [6, 6.07) is 6.30. The predicted molar refractivity (Wildman–Crippen MR) is 152 cm³/mol. The number of aliphatic hydroxyl groups is 1. The molecule has 1 amide bonds. The second kappa shape index (κ2) is 8.56. The van der Waals surface area contributed by atoms with Crippen LogP contribution in [0, 0.1) is 11.8 Å². The Kier molecular flexibility index (Phi) is 5.26. The summed E-state index contributed by atoms with van der Waals surface area (Å²) >= 11 is 1.79. The van der Waals surface area contributed by atoms with Crippen LogP contribution in [-0.2, 0) is 13.6 Å². The molecule has 4 heterocycles. The van der Waals surface area contributed by atoms with E-state index in [0.29, 0.717) is 29.1 Å². The summed E-state index contributed by atoms with van der Waals surface area (Å²) < 4.78 is 11.7. The Morgan fingerprint density at radius 1 is 1.18 bits per heavy atom. The first-order valence-corrected chi connectivity index (χ1v) is 15.2. The molecule has 39 heavy (non-hydrogen) atoms. The number of imidazole rings is 1. The number of hydrogen-bond donors (Lipinski definition) is 2. The molecule has 4 fully saturated rings. The Bertz CT molecular complexity index is 1620. The summed E-state index contributed by atoms with van der Waals surface area (Å²) in [6.45, 7) is 1.73. The number of ether oxygens (including phenoxy) is 1. The number of nitrogens with zero attached hydrogens (tertiary/aromatic N) is 4. The van der Waals surface area contributed by atoms with Gasteiger partial charge in [0.1, 0.15) is 11.3 Å². The van der Waals surface area contributed by atoms with Crippen LogP contribution in [0.15, 0.2) is 23.6 Å². The summed E-state index contributed by atoms with van der Waals surface area (Å²) in [5.74, 6) is 3.12. The summed E-state index contributed by atoms with van der Waals surface area (Å²) in [5.41, 5.74) is 12.5. The van der Waals surface area contributed by atoms with Gasteiger partial charge >= 0.3 is 0 Å². The number of thiophene rings is 1. The number of aliphatic hydroxyl groups excluding tert-OH is 1. The maximum atomic E-state index is 13.6. The second-order valence-electron chi connectivity index (χ2n) is 12.3. The average molecular weight is 546 g/mol. The van der Waals surface area contributed by atoms with Gasteiger partial charge in [-0.25, -0.2) is 4.98 Å². The van der Waals surface area contributed by atoms with Gasteiger partial charge in [-0.1, -0.05) is 0 Å². The minimum atomic E-state index is -0.174. The number of aryl methyl sites for hydroxylation is 1. The number of likely N-dealkylation sites (tertiary alicyclic amines) is 1. The molecule has 8 rings (SSSR count). The zero-order valence-corrected chi connectivity index (χ0v) is 23.3. The Hall–Kier alpha value is -2.88. The van der Waals surface area contributed by atoms with Gasteiger partial charge in [0.25, 0.3) is 5.91 Å². The van der Waals surface area contributed by atoms with E-state index >= 15 is 0 Å². The molecule has 1 aliphatic heterocycles. The molecule has 4 aromatic rings. The van der Waals surface area contributed by atoms with Gasteiger partial charge in [0.2, 0.25) is 0 Å². The summed E-state index contributed by atoms with van der Waals surface area (Å²) in [7, 11) is 3.70. The monoisotopic (exact) mass is 545 g/mol. The van der Waals surface area contributed by atoms with E-state index in [1.165, 1.54) is 28.6 Å². The number of amides is 1. The molecule has 8 nitrogen and oxygen atoms in total. The molecule has 3 atom stereocenters. The molecule has 3 aromatic heterocycles. The van der Waals surface area contributed by atoms with Gasteiger partial charge in [0, 0.05) is 37.8 Å². The number of nitrogens with two attached hydrogens (primary N) is 1. The second-order valence-corrected chi connectivity index (χ2v) is 13.2. The third kappa shape index (κ3) is 3.55. The average Bonchev–Trinajstić information content (AvgIpc) is 3.17. The minimum Gasteiger partial charge on any atom is -0.494 e. The van der Waals surface area contributed by atoms with Gasteiger partial charge < -0.3 is 29.6 Å². The standard InChI is InChI=1S/C30H35N5O3S/c1-33-28-21(9-18(10-24(28)38-2)30(37)35-13-16-5-6-22(35)26(16)31)32-29(33)23-11-25-27(34(23)12-15-3-4-15)20(14-39-25)17-7-19(36)8-17/h9-11,14-17,19,22,26,36H,3-8,12-13,31H2,1-2H3/t16-,17?,19?,22-,26-/m1/s1. The normalized spacial score (nSPS) is 28.1. The number of carbonyl (C=O) groups excluding carboxylic acids is 1. The lowest BCUT2D eigenvalue weighted by Gasteiger charge is -2.31. The highest BCUT2D eigenvalue weighted by molar-refractivity contribution is 7.17. The maximum absolute atomic E-state index is 13.6. The van der Waals surface area contributed by atoms with Crippen LogP contribution < -0.4 is 10.5 Å². The van der Waals surface area contributed by atoms with Crippen LogP contribution in [0.5, 0.6) is 5.75 Å². The molecule has 0 unspecified atom stereocenters. The number of aromatic nitrogens is 3.